The van der Waals surface area contributed by atoms with Gasteiger partial charge in [0.1, 0.15) is 5.82 Å². The van der Waals surface area contributed by atoms with Crippen molar-refractivity contribution >= 4 is 29.0 Å². The Labute approximate surface area is 126 Å². The zero-order chi connectivity index (χ0) is 14.1. The molecule has 3 rings (SSSR count). The van der Waals surface area contributed by atoms with E-state index >= 15 is 0 Å². The Morgan fingerprint density at radius 2 is 1.90 bits per heavy atom. The molecule has 0 amide bonds. The molecule has 6 heteroatoms. The van der Waals surface area contributed by atoms with Crippen LogP contribution in [0.1, 0.15) is 17.2 Å². The maximum Gasteiger partial charge on any atom is 0.198 e. The minimum atomic E-state index is 0.400. The van der Waals surface area contributed by atoms with Gasteiger partial charge in [-0.1, -0.05) is 29.8 Å². The summed E-state index contributed by atoms with van der Waals surface area (Å²) in [6.45, 7) is 3.94. The van der Waals surface area contributed by atoms with Gasteiger partial charge in [0.05, 0.1) is 11.4 Å². The molecular weight excluding hydrogens is 292 g/mol. The molecule has 0 bridgehead atoms. The van der Waals surface area contributed by atoms with Gasteiger partial charge in [-0.05, 0) is 26.0 Å². The van der Waals surface area contributed by atoms with Crippen molar-refractivity contribution in [3.05, 3.63) is 52.7 Å². The highest BCUT2D eigenvalue weighted by Crippen LogP contribution is 2.24. The molecule has 0 aliphatic rings. The number of aromatic nitrogens is 4. The summed E-state index contributed by atoms with van der Waals surface area (Å²) in [7, 11) is 0. The fraction of sp³-hybridized carbons (Fsp3) is 0.214. The summed E-state index contributed by atoms with van der Waals surface area (Å²) in [5, 5.41) is 8.78. The molecule has 0 saturated heterocycles. The number of nitrogens with zero attached hydrogens (tertiary/aromatic N) is 4. The first-order valence-corrected chi connectivity index (χ1v) is 7.57. The molecule has 0 fully saturated rings. The van der Waals surface area contributed by atoms with Crippen molar-refractivity contribution < 1.29 is 0 Å². The monoisotopic (exact) mass is 304 g/mol. The minimum absolute atomic E-state index is 0.400. The molecule has 0 aliphatic heterocycles. The number of hydrogen-bond donors (Lipinski definition) is 0. The van der Waals surface area contributed by atoms with E-state index in [4.69, 9.17) is 11.6 Å². The van der Waals surface area contributed by atoms with E-state index in [0.717, 1.165) is 23.0 Å². The van der Waals surface area contributed by atoms with Gasteiger partial charge in [0.2, 0.25) is 0 Å². The highest BCUT2D eigenvalue weighted by molar-refractivity contribution is 7.98. The summed E-state index contributed by atoms with van der Waals surface area (Å²) in [5.74, 6) is 1.63. The van der Waals surface area contributed by atoms with Crippen LogP contribution in [0.15, 0.2) is 35.2 Å². The molecule has 1 aromatic carbocycles. The van der Waals surface area contributed by atoms with Gasteiger partial charge in [0.15, 0.2) is 10.8 Å². The Balaban J connectivity index is 1.96. The molecule has 0 saturated carbocycles. The van der Waals surface area contributed by atoms with Gasteiger partial charge < -0.3 is 0 Å². The number of rotatable bonds is 3. The zero-order valence-electron chi connectivity index (χ0n) is 11.2. The van der Waals surface area contributed by atoms with E-state index in [-0.39, 0.29) is 0 Å². The van der Waals surface area contributed by atoms with Crippen LogP contribution in [0, 0.1) is 13.8 Å². The first kappa shape index (κ1) is 13.4. The minimum Gasteiger partial charge on any atom is -0.278 e. The fourth-order valence-electron chi connectivity index (χ4n) is 2.00. The molecule has 0 unspecified atom stereocenters. The van der Waals surface area contributed by atoms with E-state index < -0.39 is 0 Å². The van der Waals surface area contributed by atoms with Gasteiger partial charge in [-0.3, -0.25) is 4.40 Å². The molecule has 4 nitrogen and oxygen atoms in total. The lowest BCUT2D eigenvalue weighted by atomic mass is 10.3. The van der Waals surface area contributed by atoms with Crippen LogP contribution in [0.3, 0.4) is 0 Å². The van der Waals surface area contributed by atoms with Crippen LogP contribution in [-0.2, 0) is 5.75 Å². The molecule has 0 spiro atoms. The molecule has 3 aromatic rings. The maximum atomic E-state index is 6.12. The van der Waals surface area contributed by atoms with E-state index in [0.29, 0.717) is 10.8 Å². The van der Waals surface area contributed by atoms with Crippen molar-refractivity contribution in [1.29, 1.82) is 0 Å². The average Bonchev–Trinajstić information content (AvgIpc) is 2.88. The summed E-state index contributed by atoms with van der Waals surface area (Å²) in [6.07, 6.45) is 0. The second-order valence-corrected chi connectivity index (χ2v) is 5.86. The van der Waals surface area contributed by atoms with Gasteiger partial charge in [0, 0.05) is 10.6 Å². The number of thioether (sulfide) groups is 1. The van der Waals surface area contributed by atoms with E-state index in [1.54, 1.807) is 11.8 Å². The zero-order valence-corrected chi connectivity index (χ0v) is 12.7. The van der Waals surface area contributed by atoms with Crippen molar-refractivity contribution in [3.8, 4) is 0 Å². The van der Waals surface area contributed by atoms with E-state index in [2.05, 4.69) is 27.3 Å². The third-order valence-electron chi connectivity index (χ3n) is 3.15. The van der Waals surface area contributed by atoms with Gasteiger partial charge in [-0.15, -0.1) is 22.0 Å². The summed E-state index contributed by atoms with van der Waals surface area (Å²) < 4.78 is 1.99. The largest absolute Gasteiger partial charge is 0.278 e. The lowest BCUT2D eigenvalue weighted by Gasteiger charge is -2.07. The SMILES string of the molecule is Cc1nc(Cl)c2nnc(CSc3ccccc3)n2c1C. The molecule has 0 N–H and O–H groups in total. The topological polar surface area (TPSA) is 43.1 Å². The van der Waals surface area contributed by atoms with Crippen LogP contribution >= 0.6 is 23.4 Å². The molecule has 102 valence electrons. The van der Waals surface area contributed by atoms with Crippen molar-refractivity contribution in [2.24, 2.45) is 0 Å². The molecule has 0 aliphatic carbocycles. The van der Waals surface area contributed by atoms with Crippen molar-refractivity contribution in [2.45, 2.75) is 24.5 Å². The number of hydrogen-bond acceptors (Lipinski definition) is 4. The Kier molecular flexibility index (Phi) is 3.63. The number of halogens is 1. The average molecular weight is 305 g/mol. The Morgan fingerprint density at radius 1 is 1.15 bits per heavy atom. The standard InChI is InChI=1S/C14H13ClN4S/c1-9-10(2)19-12(17-18-14(19)13(15)16-9)8-20-11-6-4-3-5-7-11/h3-7H,8H2,1-2H3. The molecular formula is C14H13ClN4S. The fourth-order valence-corrected chi connectivity index (χ4v) is 3.08. The predicted octanol–water partition coefficient (Wildman–Crippen LogP) is 3.69. The van der Waals surface area contributed by atoms with Crippen molar-refractivity contribution in [2.75, 3.05) is 0 Å². The summed E-state index contributed by atoms with van der Waals surface area (Å²) in [5.41, 5.74) is 2.55. The highest BCUT2D eigenvalue weighted by Gasteiger charge is 2.14. The van der Waals surface area contributed by atoms with Crippen LogP contribution in [0.2, 0.25) is 5.15 Å². The smallest absolute Gasteiger partial charge is 0.198 e. The van der Waals surface area contributed by atoms with Gasteiger partial charge in [-0.2, -0.15) is 0 Å². The summed E-state index contributed by atoms with van der Waals surface area (Å²) >= 11 is 7.85. The van der Waals surface area contributed by atoms with E-state index in [9.17, 15) is 0 Å². The van der Waals surface area contributed by atoms with Crippen LogP contribution in [-0.4, -0.2) is 19.6 Å². The van der Waals surface area contributed by atoms with Crippen molar-refractivity contribution in [3.63, 3.8) is 0 Å². The Bertz CT molecular complexity index is 755. The van der Waals surface area contributed by atoms with Gasteiger partial charge in [-0.25, -0.2) is 4.98 Å². The number of fused-ring (bicyclic) bond motifs is 1. The summed E-state index contributed by atoms with van der Waals surface area (Å²) in [4.78, 5) is 5.48. The third-order valence-corrected chi connectivity index (χ3v) is 4.41. The highest BCUT2D eigenvalue weighted by atomic mass is 35.5. The van der Waals surface area contributed by atoms with Crippen LogP contribution in [0.4, 0.5) is 0 Å². The third kappa shape index (κ3) is 2.39. The van der Waals surface area contributed by atoms with E-state index in [1.165, 1.54) is 4.90 Å². The van der Waals surface area contributed by atoms with E-state index in [1.807, 2.05) is 36.4 Å². The van der Waals surface area contributed by atoms with Gasteiger partial charge >= 0.3 is 0 Å². The molecule has 2 heterocycles. The molecule has 0 radical (unpaired) electrons. The molecule has 2 aromatic heterocycles. The van der Waals surface area contributed by atoms with Crippen LogP contribution < -0.4 is 0 Å². The Hall–Kier alpha value is -1.59. The molecule has 20 heavy (non-hydrogen) atoms. The first-order valence-electron chi connectivity index (χ1n) is 6.21. The first-order chi connectivity index (χ1) is 9.66. The second kappa shape index (κ2) is 5.42. The maximum absolute atomic E-state index is 6.12. The van der Waals surface area contributed by atoms with Crippen molar-refractivity contribution in [1.82, 2.24) is 19.6 Å². The quantitative estimate of drug-likeness (QED) is 0.692. The van der Waals surface area contributed by atoms with Crippen LogP contribution in [0.5, 0.6) is 0 Å². The lowest BCUT2D eigenvalue weighted by Crippen LogP contribution is -2.02. The number of aryl methyl sites for hydroxylation is 2. The summed E-state index contributed by atoms with van der Waals surface area (Å²) in [6, 6.07) is 10.2. The number of benzene rings is 1. The normalized spacial score (nSPS) is 11.2. The van der Waals surface area contributed by atoms with Crippen LogP contribution in [0.25, 0.3) is 5.65 Å². The predicted molar refractivity (Wildman–Crippen MR) is 81.3 cm³/mol. The van der Waals surface area contributed by atoms with Gasteiger partial charge in [0.25, 0.3) is 0 Å². The lowest BCUT2D eigenvalue weighted by molar-refractivity contribution is 0.933. The Morgan fingerprint density at radius 3 is 2.65 bits per heavy atom. The molecule has 0 atom stereocenters. The second-order valence-electron chi connectivity index (χ2n) is 4.45.